The summed E-state index contributed by atoms with van der Waals surface area (Å²) in [6.07, 6.45) is 0. The minimum atomic E-state index is 0.857. The Hall–Kier alpha value is -8.64. The largest absolute Gasteiger partial charge is 0.249 e. The van der Waals surface area contributed by atoms with E-state index in [1.54, 1.807) is 0 Å². The Balaban J connectivity index is 0.000000163. The van der Waals surface area contributed by atoms with Crippen LogP contribution in [0.1, 0.15) is 202 Å². The summed E-state index contributed by atoms with van der Waals surface area (Å²) in [4.78, 5) is 55.2. The van der Waals surface area contributed by atoms with Crippen LogP contribution >= 0.6 is 0 Å². The number of aryl methyl sites for hydroxylation is 24. The van der Waals surface area contributed by atoms with Crippen LogP contribution < -0.4 is 0 Å². The summed E-state index contributed by atoms with van der Waals surface area (Å²) in [7, 11) is 0. The molecule has 0 aliphatic heterocycles. The summed E-state index contributed by atoms with van der Waals surface area (Å²) in [6.45, 7) is 75.9. The van der Waals surface area contributed by atoms with Crippen molar-refractivity contribution in [2.75, 3.05) is 0 Å². The number of nitrogens with zero attached hydrogens (tertiary/aromatic N) is 12. The summed E-state index contributed by atoms with van der Waals surface area (Å²) in [5.74, 6) is 2.57. The van der Waals surface area contributed by atoms with Crippen molar-refractivity contribution in [2.45, 2.75) is 249 Å². The third kappa shape index (κ3) is 14.1. The Morgan fingerprint density at radius 3 is 0.375 bits per heavy atom. The van der Waals surface area contributed by atoms with E-state index >= 15 is 0 Å². The van der Waals surface area contributed by atoms with Crippen LogP contribution in [0.4, 0.5) is 0 Å². The van der Waals surface area contributed by atoms with E-state index < -0.39 is 0 Å². The Morgan fingerprint density at radius 1 is 0.104 bits per heavy atom. The van der Waals surface area contributed by atoms with Crippen LogP contribution in [0.3, 0.4) is 0 Å². The van der Waals surface area contributed by atoms with Gasteiger partial charge in [0.2, 0.25) is 0 Å². The van der Waals surface area contributed by atoms with Crippen molar-refractivity contribution in [3.63, 3.8) is 0 Å². The fourth-order valence-corrected chi connectivity index (χ4v) is 13.2. The minimum Gasteiger partial charge on any atom is -0.249 e. The fourth-order valence-electron chi connectivity index (χ4n) is 13.2. The zero-order valence-corrected chi connectivity index (χ0v) is 65.4. The molecule has 0 unspecified atom stereocenters. The van der Waals surface area contributed by atoms with Crippen LogP contribution in [0.25, 0.3) is 65.8 Å². The van der Waals surface area contributed by atoms with E-state index in [4.69, 9.17) is 0 Å². The molecule has 0 bridgehead atoms. The zero-order valence-electron chi connectivity index (χ0n) is 65.4. The van der Waals surface area contributed by atoms with Crippen LogP contribution in [0, 0.1) is 249 Å². The summed E-state index contributed by atoms with van der Waals surface area (Å²) in [5, 5.41) is 3.68. The van der Waals surface area contributed by atoms with Crippen LogP contribution in [0.5, 0.6) is 0 Å². The van der Waals surface area contributed by atoms with Gasteiger partial charge in [-0.05, 0) is 383 Å². The average Bonchev–Trinajstić information content (AvgIpc) is 0.810. The Bertz CT molecular complexity index is 4500. The highest BCUT2D eigenvalue weighted by atomic mass is 14.9. The molecule has 12 rings (SSSR count). The van der Waals surface area contributed by atoms with Crippen LogP contribution in [-0.2, 0) is 0 Å². The number of rotatable bonds is 0. The average molecular weight is 1290 g/mol. The molecule has 12 heteroatoms. The van der Waals surface area contributed by atoms with E-state index in [9.17, 15) is 0 Å². The van der Waals surface area contributed by atoms with Gasteiger partial charge in [-0.1, -0.05) is 0 Å². The van der Waals surface area contributed by atoms with Crippen LogP contribution in [-0.4, -0.2) is 59.8 Å². The standard InChI is InChI=1S/6C14H18N2/c3*1-7-8(2)10(4)14-13(9(7)3)11(5)15-12(6)16-14;3*1-7-8(2)10(4)14-13(9(7)3)15-11(5)12(6)16-14/h6*1-6H3. The summed E-state index contributed by atoms with van der Waals surface area (Å²) in [6, 6.07) is 0. The second-order valence-corrected chi connectivity index (χ2v) is 27.5. The van der Waals surface area contributed by atoms with Gasteiger partial charge in [0.15, 0.2) is 0 Å². The zero-order chi connectivity index (χ0) is 72.2. The SMILES string of the molecule is Cc1nc(C)c2c(C)c(C)c(C)c(C)c2n1.Cc1nc(C)c2c(C)c(C)c(C)c(C)c2n1.Cc1nc(C)c2c(C)c(C)c(C)c(C)c2n1.Cc1nc2c(C)c(C)c(C)c(C)c2nc1C.Cc1nc2c(C)c(C)c(C)c(C)c2nc1C.Cc1nc2c(C)c(C)c(C)c(C)c2nc1C. The molecule has 96 heavy (non-hydrogen) atoms. The summed E-state index contributed by atoms with van der Waals surface area (Å²) >= 11 is 0. The number of benzene rings is 6. The van der Waals surface area contributed by atoms with Gasteiger partial charge in [-0.15, -0.1) is 0 Å². The minimum absolute atomic E-state index is 0.857. The lowest BCUT2D eigenvalue weighted by Gasteiger charge is -2.14. The molecule has 0 aliphatic carbocycles. The molecule has 0 radical (unpaired) electrons. The molecular weight excluding hydrogens is 1180 g/mol. The molecule has 0 saturated carbocycles. The lowest BCUT2D eigenvalue weighted by molar-refractivity contribution is 1.04. The van der Waals surface area contributed by atoms with Gasteiger partial charge in [0.05, 0.1) is 83.8 Å². The first-order valence-electron chi connectivity index (χ1n) is 33.9. The van der Waals surface area contributed by atoms with Crippen molar-refractivity contribution < 1.29 is 0 Å². The highest BCUT2D eigenvalue weighted by molar-refractivity contribution is 5.92. The van der Waals surface area contributed by atoms with E-state index in [-0.39, 0.29) is 0 Å². The first-order valence-corrected chi connectivity index (χ1v) is 33.9. The van der Waals surface area contributed by atoms with E-state index in [1.165, 1.54) is 150 Å². The molecule has 0 amide bonds. The molecule has 12 aromatic rings. The predicted molar refractivity (Wildman–Crippen MR) is 408 cm³/mol. The number of fused-ring (bicyclic) bond motifs is 6. The van der Waals surface area contributed by atoms with Gasteiger partial charge in [0.1, 0.15) is 17.5 Å². The molecule has 504 valence electrons. The molecule has 6 aromatic heterocycles. The maximum absolute atomic E-state index is 4.68. The summed E-state index contributed by atoms with van der Waals surface area (Å²) < 4.78 is 0. The van der Waals surface area contributed by atoms with Crippen molar-refractivity contribution in [3.05, 3.63) is 202 Å². The van der Waals surface area contributed by atoms with Crippen molar-refractivity contribution in [1.29, 1.82) is 0 Å². The maximum Gasteiger partial charge on any atom is 0.126 e. The normalized spacial score (nSPS) is 11.1. The Labute approximate surface area is 574 Å². The highest BCUT2D eigenvalue weighted by Crippen LogP contribution is 2.34. The van der Waals surface area contributed by atoms with Gasteiger partial charge in [0.25, 0.3) is 0 Å². The van der Waals surface area contributed by atoms with Gasteiger partial charge >= 0.3 is 0 Å². The molecular formula is C84H108N12. The van der Waals surface area contributed by atoms with E-state index in [1.807, 2.05) is 62.3 Å². The monoisotopic (exact) mass is 1280 g/mol. The molecule has 0 saturated heterocycles. The molecule has 0 atom stereocenters. The molecule has 0 spiro atoms. The van der Waals surface area contributed by atoms with Crippen molar-refractivity contribution >= 4 is 65.8 Å². The molecule has 6 heterocycles. The molecule has 6 aromatic carbocycles. The van der Waals surface area contributed by atoms with Crippen LogP contribution in [0.2, 0.25) is 0 Å². The third-order valence-electron chi connectivity index (χ3n) is 22.0. The van der Waals surface area contributed by atoms with Crippen molar-refractivity contribution in [3.8, 4) is 0 Å². The second-order valence-electron chi connectivity index (χ2n) is 27.5. The lowest BCUT2D eigenvalue weighted by atomic mass is 9.94. The van der Waals surface area contributed by atoms with Crippen molar-refractivity contribution in [2.24, 2.45) is 0 Å². The first kappa shape index (κ1) is 74.8. The highest BCUT2D eigenvalue weighted by Gasteiger charge is 2.19. The lowest BCUT2D eigenvalue weighted by Crippen LogP contribution is -2.01. The predicted octanol–water partition coefficient (Wildman–Crippen LogP) is 20.9. The maximum atomic E-state index is 4.68. The smallest absolute Gasteiger partial charge is 0.126 e. The fraction of sp³-hybridized carbons (Fsp3) is 0.429. The van der Waals surface area contributed by atoms with Gasteiger partial charge in [0, 0.05) is 33.2 Å². The van der Waals surface area contributed by atoms with Crippen LogP contribution in [0.15, 0.2) is 0 Å². The third-order valence-corrected chi connectivity index (χ3v) is 22.0. The molecule has 0 aliphatic rings. The number of aromatic nitrogens is 12. The van der Waals surface area contributed by atoms with E-state index in [0.717, 1.165) is 118 Å². The number of hydrogen-bond acceptors (Lipinski definition) is 12. The van der Waals surface area contributed by atoms with Gasteiger partial charge < -0.3 is 0 Å². The second kappa shape index (κ2) is 29.0. The van der Waals surface area contributed by atoms with Gasteiger partial charge in [-0.2, -0.15) is 0 Å². The van der Waals surface area contributed by atoms with E-state index in [0.29, 0.717) is 0 Å². The van der Waals surface area contributed by atoms with E-state index in [2.05, 4.69) is 247 Å². The quantitative estimate of drug-likeness (QED) is 0.142. The summed E-state index contributed by atoms with van der Waals surface area (Å²) in [5.41, 5.74) is 50.6. The first-order chi connectivity index (χ1) is 44.6. The topological polar surface area (TPSA) is 155 Å². The Morgan fingerprint density at radius 2 is 0.229 bits per heavy atom. The molecule has 0 N–H and O–H groups in total. The Kier molecular flexibility index (Phi) is 22.6. The van der Waals surface area contributed by atoms with Crippen molar-refractivity contribution in [1.82, 2.24) is 59.8 Å². The van der Waals surface area contributed by atoms with Gasteiger partial charge in [-0.25, -0.2) is 59.8 Å². The molecule has 12 nitrogen and oxygen atoms in total. The van der Waals surface area contributed by atoms with Gasteiger partial charge in [-0.3, -0.25) is 0 Å². The molecule has 0 fully saturated rings. The number of hydrogen-bond donors (Lipinski definition) is 0.